The number of fused-ring (bicyclic) bond motifs is 1. The Morgan fingerprint density at radius 3 is 3.13 bits per heavy atom. The molecule has 3 rings (SSSR count). The topological polar surface area (TPSA) is 61.4 Å². The van der Waals surface area contributed by atoms with Crippen molar-refractivity contribution < 1.29 is 9.59 Å². The maximum absolute atomic E-state index is 12.3. The van der Waals surface area contributed by atoms with Crippen LogP contribution in [-0.4, -0.2) is 42.4 Å². The first-order chi connectivity index (χ1) is 11.1. The Balaban J connectivity index is 1.43. The fraction of sp³-hybridized carbons (Fsp3) is 0.647. The summed E-state index contributed by atoms with van der Waals surface area (Å²) in [7, 11) is 0. The minimum Gasteiger partial charge on any atom is -0.352 e. The number of nitrogens with zero attached hydrogens (tertiary/aromatic N) is 1. The molecule has 0 bridgehead atoms. The number of hydrogen-bond acceptors (Lipinski definition) is 4. The normalized spacial score (nSPS) is 24.1. The average molecular weight is 335 g/mol. The summed E-state index contributed by atoms with van der Waals surface area (Å²) in [6, 6.07) is 2.29. The first kappa shape index (κ1) is 16.5. The highest BCUT2D eigenvalue weighted by Gasteiger charge is 2.24. The van der Waals surface area contributed by atoms with Crippen molar-refractivity contribution >= 4 is 23.2 Å². The van der Waals surface area contributed by atoms with Gasteiger partial charge in [-0.15, -0.1) is 11.3 Å². The molecule has 5 nitrogen and oxygen atoms in total. The number of nitrogens with one attached hydrogen (secondary N) is 2. The number of piperidine rings is 1. The van der Waals surface area contributed by atoms with E-state index in [4.69, 9.17) is 0 Å². The van der Waals surface area contributed by atoms with Crippen LogP contribution < -0.4 is 10.6 Å². The molecule has 0 radical (unpaired) electrons. The molecule has 1 fully saturated rings. The molecule has 2 N–H and O–H groups in total. The molecule has 1 aromatic rings. The van der Waals surface area contributed by atoms with Crippen LogP contribution in [0.2, 0.25) is 0 Å². The van der Waals surface area contributed by atoms with Gasteiger partial charge in [-0.3, -0.25) is 9.59 Å². The van der Waals surface area contributed by atoms with Gasteiger partial charge < -0.3 is 15.5 Å². The van der Waals surface area contributed by atoms with E-state index >= 15 is 0 Å². The first-order valence-electron chi connectivity index (χ1n) is 8.46. The lowest BCUT2D eigenvalue weighted by molar-refractivity contribution is -0.134. The molecule has 0 aromatic carbocycles. The third-order valence-corrected chi connectivity index (χ3v) is 5.92. The lowest BCUT2D eigenvalue weighted by atomic mass is 9.94. The van der Waals surface area contributed by atoms with E-state index < -0.39 is 0 Å². The van der Waals surface area contributed by atoms with Gasteiger partial charge in [0.1, 0.15) is 0 Å². The Bertz CT molecular complexity index is 572. The van der Waals surface area contributed by atoms with Crippen molar-refractivity contribution in [3.05, 3.63) is 21.9 Å². The summed E-state index contributed by atoms with van der Waals surface area (Å²) < 4.78 is 0. The van der Waals surface area contributed by atoms with Gasteiger partial charge in [-0.2, -0.15) is 0 Å². The Kier molecular flexibility index (Phi) is 5.33. The van der Waals surface area contributed by atoms with Crippen LogP contribution in [0.25, 0.3) is 0 Å². The average Bonchev–Trinajstić information content (AvgIpc) is 3.02. The van der Waals surface area contributed by atoms with Crippen molar-refractivity contribution in [1.29, 1.82) is 0 Å². The molecule has 0 aliphatic carbocycles. The Morgan fingerprint density at radius 2 is 2.30 bits per heavy atom. The quantitative estimate of drug-likeness (QED) is 0.877. The molecule has 2 aliphatic heterocycles. The van der Waals surface area contributed by atoms with Crippen LogP contribution in [0.1, 0.15) is 36.6 Å². The number of amides is 2. The summed E-state index contributed by atoms with van der Waals surface area (Å²) in [6.07, 6.45) is 2.62. The molecule has 1 saturated heterocycles. The van der Waals surface area contributed by atoms with Crippen molar-refractivity contribution in [2.24, 2.45) is 5.92 Å². The monoisotopic (exact) mass is 335 g/mol. The molecular formula is C17H25N3O2S. The maximum Gasteiger partial charge on any atom is 0.223 e. The third-order valence-electron chi connectivity index (χ3n) is 4.90. The molecule has 2 aliphatic rings. The van der Waals surface area contributed by atoms with E-state index in [2.05, 4.69) is 29.0 Å². The van der Waals surface area contributed by atoms with Crippen LogP contribution in [0.5, 0.6) is 0 Å². The molecule has 2 atom stereocenters. The predicted molar refractivity (Wildman–Crippen MR) is 91.3 cm³/mol. The largest absolute Gasteiger partial charge is 0.352 e. The summed E-state index contributed by atoms with van der Waals surface area (Å²) in [5.41, 5.74) is 1.26. The molecule has 6 heteroatoms. The van der Waals surface area contributed by atoms with Crippen LogP contribution >= 0.6 is 11.3 Å². The van der Waals surface area contributed by atoms with Gasteiger partial charge in [0.05, 0.1) is 0 Å². The molecule has 1 aromatic heterocycles. The number of carbonyl (C=O) groups excluding carboxylic acids is 2. The van der Waals surface area contributed by atoms with E-state index in [1.165, 1.54) is 10.4 Å². The van der Waals surface area contributed by atoms with Crippen molar-refractivity contribution in [3.63, 3.8) is 0 Å². The molecular weight excluding hydrogens is 310 g/mol. The van der Waals surface area contributed by atoms with Crippen molar-refractivity contribution in [1.82, 2.24) is 15.5 Å². The van der Waals surface area contributed by atoms with Crippen LogP contribution in [0.3, 0.4) is 0 Å². The summed E-state index contributed by atoms with van der Waals surface area (Å²) in [4.78, 5) is 27.7. The molecule has 3 heterocycles. The molecule has 0 spiro atoms. The van der Waals surface area contributed by atoms with Gasteiger partial charge in [0.15, 0.2) is 0 Å². The van der Waals surface area contributed by atoms with E-state index in [0.29, 0.717) is 18.9 Å². The van der Waals surface area contributed by atoms with Crippen LogP contribution in [0.15, 0.2) is 11.4 Å². The zero-order valence-electron chi connectivity index (χ0n) is 13.6. The Morgan fingerprint density at radius 1 is 1.43 bits per heavy atom. The van der Waals surface area contributed by atoms with E-state index in [9.17, 15) is 9.59 Å². The fourth-order valence-electron chi connectivity index (χ4n) is 3.30. The molecule has 126 valence electrons. The summed E-state index contributed by atoms with van der Waals surface area (Å²) in [5.74, 6) is 0.578. The lowest BCUT2D eigenvalue weighted by Crippen LogP contribution is -2.50. The second-order valence-electron chi connectivity index (χ2n) is 6.58. The predicted octanol–water partition coefficient (Wildman–Crippen LogP) is 1.53. The van der Waals surface area contributed by atoms with Gasteiger partial charge in [-0.25, -0.2) is 0 Å². The number of hydrogen-bond donors (Lipinski definition) is 2. The van der Waals surface area contributed by atoms with E-state index in [1.54, 1.807) is 11.3 Å². The van der Waals surface area contributed by atoms with Crippen molar-refractivity contribution in [2.75, 3.05) is 19.6 Å². The highest BCUT2D eigenvalue weighted by Crippen LogP contribution is 2.24. The van der Waals surface area contributed by atoms with Gasteiger partial charge in [0, 0.05) is 43.4 Å². The Labute approximate surface area is 141 Å². The Hall–Kier alpha value is -1.40. The van der Waals surface area contributed by atoms with Gasteiger partial charge in [0.25, 0.3) is 0 Å². The smallest absolute Gasteiger partial charge is 0.223 e. The SMILES string of the molecule is CC1CCNCC1NC(=O)CCC(=O)N1CCc2sccc2C1. The minimum atomic E-state index is -0.00729. The number of thiophene rings is 1. The van der Waals surface area contributed by atoms with Crippen molar-refractivity contribution in [2.45, 2.75) is 45.2 Å². The molecule has 2 amide bonds. The minimum absolute atomic E-state index is 0.00729. The number of carbonyl (C=O) groups is 2. The third kappa shape index (κ3) is 4.12. The standard InChI is InChI=1S/C17H25N3O2S/c1-12-4-7-18-10-14(12)19-16(21)2-3-17(22)20-8-5-15-13(11-20)6-9-23-15/h6,9,12,14,18H,2-5,7-8,10-11H2,1H3,(H,19,21). The highest BCUT2D eigenvalue weighted by molar-refractivity contribution is 7.10. The van der Waals surface area contributed by atoms with E-state index in [0.717, 1.165) is 32.5 Å². The summed E-state index contributed by atoms with van der Waals surface area (Å²) in [6.45, 7) is 5.49. The van der Waals surface area contributed by atoms with Crippen LogP contribution in [0.4, 0.5) is 0 Å². The second kappa shape index (κ2) is 7.45. The number of rotatable bonds is 4. The zero-order chi connectivity index (χ0) is 16.2. The van der Waals surface area contributed by atoms with E-state index in [1.807, 2.05) is 4.90 Å². The fourth-order valence-corrected chi connectivity index (χ4v) is 4.19. The second-order valence-corrected chi connectivity index (χ2v) is 7.58. The maximum atomic E-state index is 12.3. The van der Waals surface area contributed by atoms with Gasteiger partial charge in [-0.05, 0) is 42.3 Å². The summed E-state index contributed by atoms with van der Waals surface area (Å²) in [5, 5.41) is 8.46. The molecule has 2 unspecified atom stereocenters. The van der Waals surface area contributed by atoms with E-state index in [-0.39, 0.29) is 24.3 Å². The zero-order valence-corrected chi connectivity index (χ0v) is 14.5. The van der Waals surface area contributed by atoms with Gasteiger partial charge in [-0.1, -0.05) is 6.92 Å². The summed E-state index contributed by atoms with van der Waals surface area (Å²) >= 11 is 1.77. The lowest BCUT2D eigenvalue weighted by Gasteiger charge is -2.30. The van der Waals surface area contributed by atoms with Crippen molar-refractivity contribution in [3.8, 4) is 0 Å². The van der Waals surface area contributed by atoms with Crippen LogP contribution in [0, 0.1) is 5.92 Å². The highest BCUT2D eigenvalue weighted by atomic mass is 32.1. The van der Waals surface area contributed by atoms with Gasteiger partial charge >= 0.3 is 0 Å². The van der Waals surface area contributed by atoms with Gasteiger partial charge in [0.2, 0.25) is 11.8 Å². The molecule has 0 saturated carbocycles. The molecule has 23 heavy (non-hydrogen) atoms. The first-order valence-corrected chi connectivity index (χ1v) is 9.34. The van der Waals surface area contributed by atoms with Crippen LogP contribution in [-0.2, 0) is 22.6 Å².